The molecule has 0 saturated carbocycles. The summed E-state index contributed by atoms with van der Waals surface area (Å²) < 4.78 is 33.8. The second-order valence-corrected chi connectivity index (χ2v) is 11.8. The van der Waals surface area contributed by atoms with Crippen molar-refractivity contribution in [1.82, 2.24) is 14.6 Å². The first-order chi connectivity index (χ1) is 18.6. The van der Waals surface area contributed by atoms with Gasteiger partial charge in [0.1, 0.15) is 23.3 Å². The van der Waals surface area contributed by atoms with Crippen molar-refractivity contribution in [2.45, 2.75) is 36.6 Å². The number of hydrogen-bond acceptors (Lipinski definition) is 6. The van der Waals surface area contributed by atoms with Crippen LogP contribution in [-0.2, 0) is 38.9 Å². The Labute approximate surface area is 236 Å². The molecule has 1 aliphatic carbocycles. The number of carbonyl (C=O) groups excluding carboxylic acids is 1. The summed E-state index contributed by atoms with van der Waals surface area (Å²) in [7, 11) is -4.28. The lowest BCUT2D eigenvalue weighted by molar-refractivity contribution is -0.141. The van der Waals surface area contributed by atoms with Crippen LogP contribution in [-0.4, -0.2) is 60.4 Å². The van der Waals surface area contributed by atoms with Gasteiger partial charge in [0.05, 0.1) is 11.6 Å². The van der Waals surface area contributed by atoms with Gasteiger partial charge < -0.3 is 15.2 Å². The predicted molar refractivity (Wildman–Crippen MR) is 147 cm³/mol. The van der Waals surface area contributed by atoms with Gasteiger partial charge in [-0.05, 0) is 72.4 Å². The third kappa shape index (κ3) is 7.48. The largest absolute Gasteiger partial charge is 0.492 e. The third-order valence-electron chi connectivity index (χ3n) is 6.31. The molecule has 12 heteroatoms. The normalized spacial score (nSPS) is 13.6. The maximum absolute atomic E-state index is 13.5. The molecular formula is C27H27Cl2N3O6S. The zero-order valence-corrected chi connectivity index (χ0v) is 23.2. The summed E-state index contributed by atoms with van der Waals surface area (Å²) in [5.41, 5.74) is 3.09. The molecule has 2 N–H and O–H groups in total. The number of carboxylic acid groups (broad SMARTS) is 1. The van der Waals surface area contributed by atoms with Gasteiger partial charge in [0.25, 0.3) is 0 Å². The zero-order chi connectivity index (χ0) is 28.0. The van der Waals surface area contributed by atoms with E-state index < -0.39 is 34.5 Å². The Morgan fingerprint density at radius 2 is 1.90 bits per heavy atom. The first kappa shape index (κ1) is 28.8. The van der Waals surface area contributed by atoms with Crippen molar-refractivity contribution in [2.24, 2.45) is 0 Å². The summed E-state index contributed by atoms with van der Waals surface area (Å²) in [6.07, 6.45) is 6.10. The standard InChI is InChI=1S/C27H27Cl2N3O6S/c28-21-7-9-25(23(29)15-21)39(36,37)32(11-12-38-22-8-6-19-4-1-5-20(19)14-22)17-26(33)31-24(27(34)35)13-18-3-2-10-30-16-18/h2-3,6-10,14-16,24H,1,4-5,11-13,17H2,(H,31,33)(H,34,35). The maximum atomic E-state index is 13.5. The molecule has 0 saturated heterocycles. The van der Waals surface area contributed by atoms with Crippen LogP contribution in [0.15, 0.2) is 65.8 Å². The Morgan fingerprint density at radius 3 is 2.62 bits per heavy atom. The topological polar surface area (TPSA) is 126 Å². The SMILES string of the molecule is O=C(CN(CCOc1ccc2c(c1)CCC2)S(=O)(=O)c1ccc(Cl)cc1Cl)NC(Cc1cccnc1)C(=O)O. The second-order valence-electron chi connectivity index (χ2n) is 9.07. The van der Waals surface area contributed by atoms with Gasteiger partial charge in [-0.25, -0.2) is 13.2 Å². The molecule has 39 heavy (non-hydrogen) atoms. The molecule has 1 aromatic heterocycles. The fourth-order valence-electron chi connectivity index (χ4n) is 4.37. The Kier molecular flexibility index (Phi) is 9.45. The van der Waals surface area contributed by atoms with Crippen molar-refractivity contribution in [3.05, 3.63) is 87.7 Å². The number of sulfonamides is 1. The van der Waals surface area contributed by atoms with Crippen LogP contribution in [0.5, 0.6) is 5.75 Å². The van der Waals surface area contributed by atoms with E-state index in [2.05, 4.69) is 10.3 Å². The molecule has 0 aliphatic heterocycles. The molecular weight excluding hydrogens is 565 g/mol. The highest BCUT2D eigenvalue weighted by Crippen LogP contribution is 2.28. The number of nitrogens with one attached hydrogen (secondary N) is 1. The number of rotatable bonds is 12. The van der Waals surface area contributed by atoms with Crippen molar-refractivity contribution < 1.29 is 27.9 Å². The van der Waals surface area contributed by atoms with Crippen molar-refractivity contribution in [2.75, 3.05) is 19.7 Å². The first-order valence-corrected chi connectivity index (χ1v) is 14.4. The minimum absolute atomic E-state index is 0.0217. The summed E-state index contributed by atoms with van der Waals surface area (Å²) in [6.45, 7) is -0.883. The number of carboxylic acids is 1. The number of amides is 1. The van der Waals surface area contributed by atoms with E-state index in [1.165, 1.54) is 35.5 Å². The molecule has 9 nitrogen and oxygen atoms in total. The number of pyridine rings is 1. The molecule has 1 amide bonds. The van der Waals surface area contributed by atoms with Gasteiger partial charge in [-0.1, -0.05) is 35.3 Å². The lowest BCUT2D eigenvalue weighted by Crippen LogP contribution is -2.48. The smallest absolute Gasteiger partial charge is 0.326 e. The predicted octanol–water partition coefficient (Wildman–Crippen LogP) is 3.76. The molecule has 1 heterocycles. The molecule has 0 bridgehead atoms. The minimum atomic E-state index is -4.28. The highest BCUT2D eigenvalue weighted by atomic mass is 35.5. The van der Waals surface area contributed by atoms with E-state index in [0.717, 1.165) is 23.6 Å². The van der Waals surface area contributed by atoms with Crippen LogP contribution in [0.1, 0.15) is 23.1 Å². The molecule has 1 atom stereocenters. The van der Waals surface area contributed by atoms with Crippen LogP contribution in [0.2, 0.25) is 10.0 Å². The Balaban J connectivity index is 1.50. The van der Waals surface area contributed by atoms with Crippen LogP contribution in [0.25, 0.3) is 0 Å². The van der Waals surface area contributed by atoms with Gasteiger partial charge in [-0.3, -0.25) is 9.78 Å². The lowest BCUT2D eigenvalue weighted by atomic mass is 10.1. The highest BCUT2D eigenvalue weighted by molar-refractivity contribution is 7.89. The second kappa shape index (κ2) is 12.8. The molecule has 206 valence electrons. The molecule has 4 rings (SSSR count). The van der Waals surface area contributed by atoms with Crippen LogP contribution < -0.4 is 10.1 Å². The lowest BCUT2D eigenvalue weighted by Gasteiger charge is -2.23. The Hall–Kier alpha value is -3.18. The van der Waals surface area contributed by atoms with E-state index in [0.29, 0.717) is 11.3 Å². The summed E-state index contributed by atoms with van der Waals surface area (Å²) in [5.74, 6) is -1.45. The third-order valence-corrected chi connectivity index (χ3v) is 8.87. The van der Waals surface area contributed by atoms with Crippen molar-refractivity contribution in [1.29, 1.82) is 0 Å². The molecule has 0 spiro atoms. The minimum Gasteiger partial charge on any atom is -0.492 e. The Bertz CT molecular complexity index is 1450. The van der Waals surface area contributed by atoms with Crippen molar-refractivity contribution in [3.8, 4) is 5.75 Å². The number of hydrogen-bond donors (Lipinski definition) is 2. The van der Waals surface area contributed by atoms with E-state index in [1.54, 1.807) is 18.3 Å². The van der Waals surface area contributed by atoms with Gasteiger partial charge in [0.15, 0.2) is 0 Å². The molecule has 2 aromatic carbocycles. The highest BCUT2D eigenvalue weighted by Gasteiger charge is 2.30. The fourth-order valence-corrected chi connectivity index (χ4v) is 6.49. The maximum Gasteiger partial charge on any atom is 0.326 e. The quantitative estimate of drug-likeness (QED) is 0.328. The van der Waals surface area contributed by atoms with Gasteiger partial charge in [0, 0.05) is 30.4 Å². The van der Waals surface area contributed by atoms with Crippen molar-refractivity contribution >= 4 is 45.1 Å². The van der Waals surface area contributed by atoms with Crippen LogP contribution >= 0.6 is 23.2 Å². The molecule has 1 unspecified atom stereocenters. The first-order valence-electron chi connectivity index (χ1n) is 12.2. The number of ether oxygens (including phenoxy) is 1. The summed E-state index contributed by atoms with van der Waals surface area (Å²) in [4.78, 5) is 28.5. The summed E-state index contributed by atoms with van der Waals surface area (Å²) in [5, 5.41) is 12.2. The number of benzene rings is 2. The van der Waals surface area contributed by atoms with Gasteiger partial charge in [-0.15, -0.1) is 0 Å². The summed E-state index contributed by atoms with van der Waals surface area (Å²) in [6, 6.07) is 11.8. The van der Waals surface area contributed by atoms with Crippen LogP contribution in [0, 0.1) is 0 Å². The Morgan fingerprint density at radius 1 is 1.10 bits per heavy atom. The molecule has 0 fully saturated rings. The number of fused-ring (bicyclic) bond motifs is 1. The molecule has 1 aliphatic rings. The van der Waals surface area contributed by atoms with E-state index >= 15 is 0 Å². The van der Waals surface area contributed by atoms with Gasteiger partial charge in [-0.2, -0.15) is 4.31 Å². The number of halogens is 2. The monoisotopic (exact) mass is 591 g/mol. The van der Waals surface area contributed by atoms with E-state index in [9.17, 15) is 23.1 Å². The van der Waals surface area contributed by atoms with Crippen molar-refractivity contribution in [3.63, 3.8) is 0 Å². The molecule has 3 aromatic rings. The summed E-state index contributed by atoms with van der Waals surface area (Å²) >= 11 is 12.1. The van der Waals surface area contributed by atoms with Gasteiger partial charge in [0.2, 0.25) is 15.9 Å². The average molecular weight is 593 g/mol. The van der Waals surface area contributed by atoms with Crippen LogP contribution in [0.4, 0.5) is 0 Å². The number of carbonyl (C=O) groups is 2. The zero-order valence-electron chi connectivity index (χ0n) is 20.8. The number of aryl methyl sites for hydroxylation is 2. The number of nitrogens with zero attached hydrogens (tertiary/aromatic N) is 2. The van der Waals surface area contributed by atoms with E-state index in [4.69, 9.17) is 27.9 Å². The van der Waals surface area contributed by atoms with Crippen LogP contribution in [0.3, 0.4) is 0 Å². The van der Waals surface area contributed by atoms with E-state index in [-0.39, 0.29) is 34.5 Å². The molecule has 0 radical (unpaired) electrons. The number of aromatic nitrogens is 1. The average Bonchev–Trinajstić information content (AvgIpc) is 3.36. The van der Waals surface area contributed by atoms with Gasteiger partial charge >= 0.3 is 5.97 Å². The fraction of sp³-hybridized carbons (Fsp3) is 0.296. The van der Waals surface area contributed by atoms with E-state index in [1.807, 2.05) is 18.2 Å². The number of aliphatic carboxylic acids is 1.